The second-order valence-electron chi connectivity index (χ2n) is 4.84. The van der Waals surface area contributed by atoms with Crippen molar-refractivity contribution >= 4 is 0 Å². The van der Waals surface area contributed by atoms with E-state index < -0.39 is 11.6 Å². The zero-order valence-corrected chi connectivity index (χ0v) is 10.4. The van der Waals surface area contributed by atoms with Gasteiger partial charge in [0.15, 0.2) is 11.6 Å². The van der Waals surface area contributed by atoms with Crippen molar-refractivity contribution in [1.82, 2.24) is 15.5 Å². The first-order valence-electron chi connectivity index (χ1n) is 6.45. The largest absolute Gasteiger partial charge is 0.317 e. The molecule has 2 N–H and O–H groups in total. The fraction of sp³-hybridized carbons (Fsp3) is 0.357. The van der Waals surface area contributed by atoms with E-state index in [0.29, 0.717) is 11.1 Å². The number of benzene rings is 1. The summed E-state index contributed by atoms with van der Waals surface area (Å²) in [6.07, 6.45) is 4.74. The number of aromatic amines is 1. The third kappa shape index (κ3) is 2.26. The number of nitrogens with one attached hydrogen (secondary N) is 2. The van der Waals surface area contributed by atoms with Gasteiger partial charge < -0.3 is 5.32 Å². The van der Waals surface area contributed by atoms with Gasteiger partial charge in [-0.25, -0.2) is 8.78 Å². The van der Waals surface area contributed by atoms with Gasteiger partial charge in [0.2, 0.25) is 0 Å². The summed E-state index contributed by atoms with van der Waals surface area (Å²) in [6.45, 7) is 1.71. The first-order chi connectivity index (χ1) is 9.27. The van der Waals surface area contributed by atoms with Crippen molar-refractivity contribution in [2.24, 2.45) is 0 Å². The average molecular weight is 263 g/mol. The van der Waals surface area contributed by atoms with Crippen LogP contribution >= 0.6 is 0 Å². The lowest BCUT2D eigenvalue weighted by molar-refractivity contribution is 0.430. The highest BCUT2D eigenvalue weighted by atomic mass is 19.2. The molecule has 0 radical (unpaired) electrons. The van der Waals surface area contributed by atoms with Crippen LogP contribution in [0.4, 0.5) is 8.78 Å². The fourth-order valence-corrected chi connectivity index (χ4v) is 2.63. The molecule has 1 aliphatic heterocycles. The van der Waals surface area contributed by atoms with E-state index in [2.05, 4.69) is 15.5 Å². The number of hydrogen-bond donors (Lipinski definition) is 2. The summed E-state index contributed by atoms with van der Waals surface area (Å²) in [7, 11) is 0. The van der Waals surface area contributed by atoms with Gasteiger partial charge in [-0.2, -0.15) is 5.10 Å². The highest BCUT2D eigenvalue weighted by Gasteiger charge is 2.22. The molecule has 0 bridgehead atoms. The molecule has 2 aromatic rings. The zero-order chi connectivity index (χ0) is 13.2. The fourth-order valence-electron chi connectivity index (χ4n) is 2.63. The van der Waals surface area contributed by atoms with Gasteiger partial charge in [0, 0.05) is 17.3 Å². The van der Waals surface area contributed by atoms with Crippen LogP contribution < -0.4 is 5.32 Å². The number of H-pyrrole nitrogens is 1. The molecule has 0 spiro atoms. The monoisotopic (exact) mass is 263 g/mol. The maximum absolute atomic E-state index is 14.2. The summed E-state index contributed by atoms with van der Waals surface area (Å²) in [5.41, 5.74) is 1.31. The number of nitrogens with zero attached hydrogens (tertiary/aromatic N) is 1. The van der Waals surface area contributed by atoms with Crippen LogP contribution in [0.3, 0.4) is 0 Å². The van der Waals surface area contributed by atoms with E-state index in [1.54, 1.807) is 18.3 Å². The Morgan fingerprint density at radius 2 is 1.89 bits per heavy atom. The lowest BCUT2D eigenvalue weighted by Crippen LogP contribution is -2.27. The second-order valence-corrected chi connectivity index (χ2v) is 4.84. The first-order valence-corrected chi connectivity index (χ1v) is 6.45. The van der Waals surface area contributed by atoms with Crippen LogP contribution in [0.25, 0.3) is 11.1 Å². The summed E-state index contributed by atoms with van der Waals surface area (Å²) in [4.78, 5) is 0. The Hall–Kier alpha value is -1.75. The van der Waals surface area contributed by atoms with Crippen molar-refractivity contribution in [3.63, 3.8) is 0 Å². The van der Waals surface area contributed by atoms with Crippen LogP contribution in [-0.2, 0) is 0 Å². The minimum atomic E-state index is -0.780. The summed E-state index contributed by atoms with van der Waals surface area (Å²) in [5, 5.41) is 9.59. The molecule has 0 atom stereocenters. The molecular formula is C14H15F2N3. The number of hydrogen-bond acceptors (Lipinski definition) is 2. The molecule has 1 aromatic heterocycles. The van der Waals surface area contributed by atoms with Gasteiger partial charge >= 0.3 is 0 Å². The smallest absolute Gasteiger partial charge is 0.167 e. The molecule has 100 valence electrons. The predicted molar refractivity (Wildman–Crippen MR) is 68.8 cm³/mol. The van der Waals surface area contributed by atoms with Crippen molar-refractivity contribution in [2.45, 2.75) is 18.8 Å². The Kier molecular flexibility index (Phi) is 3.29. The molecule has 0 aliphatic carbocycles. The Morgan fingerprint density at radius 1 is 1.11 bits per heavy atom. The van der Waals surface area contributed by atoms with E-state index in [1.807, 2.05) is 0 Å². The van der Waals surface area contributed by atoms with E-state index >= 15 is 0 Å². The van der Waals surface area contributed by atoms with Crippen LogP contribution in [-0.4, -0.2) is 23.3 Å². The summed E-state index contributed by atoms with van der Waals surface area (Å²) >= 11 is 0. The van der Waals surface area contributed by atoms with E-state index in [4.69, 9.17) is 0 Å². The molecule has 2 heterocycles. The van der Waals surface area contributed by atoms with Crippen LogP contribution in [0, 0.1) is 11.6 Å². The molecule has 5 heteroatoms. The van der Waals surface area contributed by atoms with E-state index in [1.165, 1.54) is 6.20 Å². The minimum absolute atomic E-state index is 0.106. The Bertz CT molecular complexity index is 560. The molecule has 1 aromatic carbocycles. The number of halogens is 2. The van der Waals surface area contributed by atoms with Crippen LogP contribution in [0.15, 0.2) is 24.5 Å². The minimum Gasteiger partial charge on any atom is -0.317 e. The SMILES string of the molecule is Fc1c(-c2cn[nH]c2)ccc(C2CCNCC2)c1F. The third-order valence-electron chi connectivity index (χ3n) is 3.70. The molecule has 1 saturated heterocycles. The highest BCUT2D eigenvalue weighted by molar-refractivity contribution is 5.63. The molecule has 0 amide bonds. The van der Waals surface area contributed by atoms with Crippen LogP contribution in [0.2, 0.25) is 0 Å². The molecule has 3 rings (SSSR count). The first kappa shape index (κ1) is 12.3. The normalized spacial score (nSPS) is 16.7. The second kappa shape index (κ2) is 5.09. The molecule has 1 fully saturated rings. The number of rotatable bonds is 2. The highest BCUT2D eigenvalue weighted by Crippen LogP contribution is 2.32. The van der Waals surface area contributed by atoms with Crippen LogP contribution in [0.1, 0.15) is 24.3 Å². The van der Waals surface area contributed by atoms with Crippen molar-refractivity contribution < 1.29 is 8.78 Å². The maximum Gasteiger partial charge on any atom is 0.167 e. The third-order valence-corrected chi connectivity index (χ3v) is 3.70. The Labute approximate surface area is 110 Å². The summed E-state index contributed by atoms with van der Waals surface area (Å²) in [5.74, 6) is -1.39. The average Bonchev–Trinajstić information content (AvgIpc) is 2.97. The van der Waals surface area contributed by atoms with Gasteiger partial charge in [-0.1, -0.05) is 12.1 Å². The summed E-state index contributed by atoms with van der Waals surface area (Å²) < 4.78 is 28.4. The van der Waals surface area contributed by atoms with E-state index in [-0.39, 0.29) is 11.5 Å². The molecule has 1 aliphatic rings. The molecule has 3 nitrogen and oxygen atoms in total. The van der Waals surface area contributed by atoms with Gasteiger partial charge in [-0.3, -0.25) is 5.10 Å². The summed E-state index contributed by atoms with van der Waals surface area (Å²) in [6, 6.07) is 3.34. The maximum atomic E-state index is 14.2. The lowest BCUT2D eigenvalue weighted by atomic mass is 9.88. The standard InChI is InChI=1S/C14H15F2N3/c15-13-11(9-3-5-17-6-4-9)1-2-12(14(13)16)10-7-18-19-8-10/h1-2,7-9,17H,3-6H2,(H,18,19). The van der Waals surface area contributed by atoms with Crippen LogP contribution in [0.5, 0.6) is 0 Å². The van der Waals surface area contributed by atoms with Gasteiger partial charge in [0.1, 0.15) is 0 Å². The zero-order valence-electron chi connectivity index (χ0n) is 10.4. The quantitative estimate of drug-likeness (QED) is 0.874. The molecule has 19 heavy (non-hydrogen) atoms. The molecule has 0 unspecified atom stereocenters. The predicted octanol–water partition coefficient (Wildman–Crippen LogP) is 2.82. The van der Waals surface area contributed by atoms with Gasteiger partial charge in [0.05, 0.1) is 6.20 Å². The Balaban J connectivity index is 1.98. The molecular weight excluding hydrogens is 248 g/mol. The van der Waals surface area contributed by atoms with Crippen molar-refractivity contribution in [3.05, 3.63) is 41.7 Å². The van der Waals surface area contributed by atoms with Crippen molar-refractivity contribution in [3.8, 4) is 11.1 Å². The molecule has 0 saturated carbocycles. The van der Waals surface area contributed by atoms with Gasteiger partial charge in [-0.05, 0) is 37.4 Å². The van der Waals surface area contributed by atoms with Gasteiger partial charge in [-0.15, -0.1) is 0 Å². The van der Waals surface area contributed by atoms with Gasteiger partial charge in [0.25, 0.3) is 0 Å². The number of piperidine rings is 1. The van der Waals surface area contributed by atoms with Crippen molar-refractivity contribution in [2.75, 3.05) is 13.1 Å². The van der Waals surface area contributed by atoms with E-state index in [0.717, 1.165) is 25.9 Å². The van der Waals surface area contributed by atoms with E-state index in [9.17, 15) is 8.78 Å². The lowest BCUT2D eigenvalue weighted by Gasteiger charge is -2.23. The number of aromatic nitrogens is 2. The van der Waals surface area contributed by atoms with Crippen molar-refractivity contribution in [1.29, 1.82) is 0 Å². The topological polar surface area (TPSA) is 40.7 Å². The Morgan fingerprint density at radius 3 is 2.58 bits per heavy atom.